The van der Waals surface area contributed by atoms with E-state index < -0.39 is 23.6 Å². The molecule has 1 rings (SSSR count). The Hall–Kier alpha value is -2.09. The normalized spacial score (nSPS) is 11.1. The van der Waals surface area contributed by atoms with Gasteiger partial charge in [-0.15, -0.1) is 0 Å². The van der Waals surface area contributed by atoms with Crippen molar-refractivity contribution in [2.24, 2.45) is 0 Å². The van der Waals surface area contributed by atoms with Gasteiger partial charge >= 0.3 is 12.1 Å². The number of rotatable bonds is 6. The molecule has 0 radical (unpaired) electrons. The molecule has 0 aliphatic rings. The molecule has 22 heavy (non-hydrogen) atoms. The fourth-order valence-electron chi connectivity index (χ4n) is 1.66. The van der Waals surface area contributed by atoms with Crippen molar-refractivity contribution in [2.45, 2.75) is 6.18 Å². The lowest BCUT2D eigenvalue weighted by Crippen LogP contribution is -2.38. The standard InChI is InChI=1S/C14H16F3NO4/c1-21-8-7-18(9-12(19)22-2)13(20)10-3-5-11(6-4-10)14(15,16)17/h3-6H,7-9H2,1-2H3. The Labute approximate surface area is 125 Å². The fourth-order valence-corrected chi connectivity index (χ4v) is 1.66. The van der Waals surface area contributed by atoms with Crippen LogP contribution in [0.5, 0.6) is 0 Å². The topological polar surface area (TPSA) is 55.8 Å². The van der Waals surface area contributed by atoms with Crippen molar-refractivity contribution >= 4 is 11.9 Å². The van der Waals surface area contributed by atoms with Gasteiger partial charge in [0.25, 0.3) is 5.91 Å². The molecule has 122 valence electrons. The number of alkyl halides is 3. The van der Waals surface area contributed by atoms with Crippen molar-refractivity contribution in [3.63, 3.8) is 0 Å². The number of hydrogen-bond donors (Lipinski definition) is 0. The molecule has 1 aromatic carbocycles. The van der Waals surface area contributed by atoms with E-state index in [0.29, 0.717) is 0 Å². The van der Waals surface area contributed by atoms with Gasteiger partial charge in [0.1, 0.15) is 6.54 Å². The van der Waals surface area contributed by atoms with Crippen LogP contribution in [0.15, 0.2) is 24.3 Å². The number of esters is 1. The molecule has 1 aromatic rings. The van der Waals surface area contributed by atoms with Gasteiger partial charge in [-0.2, -0.15) is 13.2 Å². The predicted molar refractivity (Wildman–Crippen MR) is 71.2 cm³/mol. The quantitative estimate of drug-likeness (QED) is 0.752. The van der Waals surface area contributed by atoms with Gasteiger partial charge < -0.3 is 14.4 Å². The Balaban J connectivity index is 2.90. The number of benzene rings is 1. The van der Waals surface area contributed by atoms with Crippen molar-refractivity contribution in [2.75, 3.05) is 33.9 Å². The van der Waals surface area contributed by atoms with Crippen molar-refractivity contribution in [3.8, 4) is 0 Å². The summed E-state index contributed by atoms with van der Waals surface area (Å²) in [5, 5.41) is 0. The third kappa shape index (κ3) is 5.03. The monoisotopic (exact) mass is 319 g/mol. The van der Waals surface area contributed by atoms with E-state index in [2.05, 4.69) is 4.74 Å². The summed E-state index contributed by atoms with van der Waals surface area (Å²) in [6.45, 7) is -0.00542. The molecule has 0 unspecified atom stereocenters. The van der Waals surface area contributed by atoms with Gasteiger partial charge in [-0.05, 0) is 24.3 Å². The summed E-state index contributed by atoms with van der Waals surface area (Å²) >= 11 is 0. The second-order valence-corrected chi connectivity index (χ2v) is 4.37. The number of nitrogens with zero attached hydrogens (tertiary/aromatic N) is 1. The average Bonchev–Trinajstić information content (AvgIpc) is 2.49. The highest BCUT2D eigenvalue weighted by atomic mass is 19.4. The molecular weight excluding hydrogens is 303 g/mol. The number of amides is 1. The highest BCUT2D eigenvalue weighted by Gasteiger charge is 2.30. The zero-order valence-corrected chi connectivity index (χ0v) is 12.1. The SMILES string of the molecule is COCCN(CC(=O)OC)C(=O)c1ccc(C(F)(F)F)cc1. The molecule has 0 aliphatic carbocycles. The first kappa shape index (κ1) is 18.0. The van der Waals surface area contributed by atoms with E-state index in [4.69, 9.17) is 4.74 Å². The summed E-state index contributed by atoms with van der Waals surface area (Å²) in [6.07, 6.45) is -4.47. The van der Waals surface area contributed by atoms with Crippen molar-refractivity contribution in [1.29, 1.82) is 0 Å². The van der Waals surface area contributed by atoms with Crippen molar-refractivity contribution in [3.05, 3.63) is 35.4 Å². The number of carbonyl (C=O) groups is 2. The highest BCUT2D eigenvalue weighted by Crippen LogP contribution is 2.29. The Kier molecular flexibility index (Phi) is 6.36. The number of halogens is 3. The Morgan fingerprint density at radius 3 is 2.18 bits per heavy atom. The van der Waals surface area contributed by atoms with E-state index in [0.717, 1.165) is 29.2 Å². The first-order valence-electron chi connectivity index (χ1n) is 6.32. The third-order valence-electron chi connectivity index (χ3n) is 2.86. The lowest BCUT2D eigenvalue weighted by atomic mass is 10.1. The summed E-state index contributed by atoms with van der Waals surface area (Å²) in [5.41, 5.74) is -0.798. The summed E-state index contributed by atoms with van der Waals surface area (Å²) in [6, 6.07) is 3.78. The smallest absolute Gasteiger partial charge is 0.416 e. The molecule has 1 amide bonds. The number of carbonyl (C=O) groups excluding carboxylic acids is 2. The third-order valence-corrected chi connectivity index (χ3v) is 2.86. The molecule has 0 fully saturated rings. The molecular formula is C14H16F3NO4. The molecule has 5 nitrogen and oxygen atoms in total. The second-order valence-electron chi connectivity index (χ2n) is 4.37. The van der Waals surface area contributed by atoms with E-state index in [-0.39, 0.29) is 25.3 Å². The van der Waals surface area contributed by atoms with E-state index in [1.165, 1.54) is 14.2 Å². The van der Waals surface area contributed by atoms with E-state index in [1.807, 2.05) is 0 Å². The molecule has 0 atom stereocenters. The second kappa shape index (κ2) is 7.79. The van der Waals surface area contributed by atoms with Crippen LogP contribution in [0.4, 0.5) is 13.2 Å². The highest BCUT2D eigenvalue weighted by molar-refractivity contribution is 5.96. The first-order valence-corrected chi connectivity index (χ1v) is 6.32. The zero-order valence-electron chi connectivity index (χ0n) is 12.1. The van der Waals surface area contributed by atoms with Crippen LogP contribution in [-0.4, -0.2) is 50.7 Å². The maximum Gasteiger partial charge on any atom is 0.416 e. The molecule has 0 N–H and O–H groups in total. The van der Waals surface area contributed by atoms with Gasteiger partial charge in [-0.25, -0.2) is 0 Å². The largest absolute Gasteiger partial charge is 0.468 e. The summed E-state index contributed by atoms with van der Waals surface area (Å²) in [4.78, 5) is 24.7. The van der Waals surface area contributed by atoms with Crippen LogP contribution < -0.4 is 0 Å². The van der Waals surface area contributed by atoms with Crippen LogP contribution in [0.25, 0.3) is 0 Å². The average molecular weight is 319 g/mol. The lowest BCUT2D eigenvalue weighted by molar-refractivity contribution is -0.141. The minimum absolute atomic E-state index is 0.0491. The van der Waals surface area contributed by atoms with Crippen molar-refractivity contribution < 1.29 is 32.2 Å². The Bertz CT molecular complexity index is 514. The maximum absolute atomic E-state index is 12.5. The first-order chi connectivity index (χ1) is 10.3. The lowest BCUT2D eigenvalue weighted by Gasteiger charge is -2.21. The van der Waals surface area contributed by atoms with Crippen LogP contribution >= 0.6 is 0 Å². The van der Waals surface area contributed by atoms with E-state index in [1.54, 1.807) is 0 Å². The van der Waals surface area contributed by atoms with Crippen LogP contribution in [0.2, 0.25) is 0 Å². The fraction of sp³-hybridized carbons (Fsp3) is 0.429. The van der Waals surface area contributed by atoms with Gasteiger partial charge in [-0.3, -0.25) is 9.59 Å². The van der Waals surface area contributed by atoms with E-state index >= 15 is 0 Å². The molecule has 0 bridgehead atoms. The van der Waals surface area contributed by atoms with Crippen LogP contribution in [0.1, 0.15) is 15.9 Å². The van der Waals surface area contributed by atoms with E-state index in [9.17, 15) is 22.8 Å². The Morgan fingerprint density at radius 2 is 1.73 bits per heavy atom. The Morgan fingerprint density at radius 1 is 1.14 bits per heavy atom. The number of ether oxygens (including phenoxy) is 2. The van der Waals surface area contributed by atoms with Crippen LogP contribution in [0, 0.1) is 0 Å². The van der Waals surface area contributed by atoms with Crippen molar-refractivity contribution in [1.82, 2.24) is 4.90 Å². The minimum Gasteiger partial charge on any atom is -0.468 e. The molecule has 0 heterocycles. The summed E-state index contributed by atoms with van der Waals surface area (Å²) in [7, 11) is 2.61. The van der Waals surface area contributed by atoms with Gasteiger partial charge in [-0.1, -0.05) is 0 Å². The van der Waals surface area contributed by atoms with Gasteiger partial charge in [0.05, 0.1) is 19.3 Å². The molecule has 0 aromatic heterocycles. The van der Waals surface area contributed by atoms with Crippen LogP contribution in [-0.2, 0) is 20.4 Å². The van der Waals surface area contributed by atoms with Gasteiger partial charge in [0.2, 0.25) is 0 Å². The summed E-state index contributed by atoms with van der Waals surface area (Å²) < 4.78 is 46.8. The van der Waals surface area contributed by atoms with Crippen LogP contribution in [0.3, 0.4) is 0 Å². The molecule has 0 saturated heterocycles. The number of hydrogen-bond acceptors (Lipinski definition) is 4. The maximum atomic E-state index is 12.5. The van der Waals surface area contributed by atoms with Gasteiger partial charge in [0.15, 0.2) is 0 Å². The predicted octanol–water partition coefficient (Wildman–Crippen LogP) is 1.97. The molecule has 8 heteroatoms. The van der Waals surface area contributed by atoms with Gasteiger partial charge in [0, 0.05) is 19.2 Å². The molecule has 0 saturated carbocycles. The summed E-state index contributed by atoms with van der Waals surface area (Å²) in [5.74, 6) is -1.20. The minimum atomic E-state index is -4.47. The molecule has 0 aliphatic heterocycles. The zero-order chi connectivity index (χ0) is 16.8. The molecule has 0 spiro atoms. The number of methoxy groups -OCH3 is 2.